The van der Waals surface area contributed by atoms with E-state index in [1.54, 1.807) is 0 Å². The van der Waals surface area contributed by atoms with Crippen molar-refractivity contribution in [3.8, 4) is 0 Å². The topological polar surface area (TPSA) is 27.6 Å². The molecule has 0 aliphatic heterocycles. The van der Waals surface area contributed by atoms with Crippen molar-refractivity contribution in [2.24, 2.45) is 0 Å². The van der Waals surface area contributed by atoms with E-state index in [2.05, 4.69) is 40.4 Å². The minimum atomic E-state index is 1.20. The van der Waals surface area contributed by atoms with Crippen LogP contribution in [0, 0.1) is 34.6 Å². The molecule has 0 aliphatic carbocycles. The van der Waals surface area contributed by atoms with Gasteiger partial charge in [0.05, 0.1) is 0 Å². The van der Waals surface area contributed by atoms with Crippen molar-refractivity contribution in [1.82, 2.24) is 0 Å². The Hall–Kier alpha value is -0.820. The van der Waals surface area contributed by atoms with E-state index in [-0.39, 0.29) is 0 Å². The summed E-state index contributed by atoms with van der Waals surface area (Å²) in [5, 5.41) is 0. The third-order valence-electron chi connectivity index (χ3n) is 3.16. The van der Waals surface area contributed by atoms with Gasteiger partial charge in [-0.25, -0.2) is 0 Å². The summed E-state index contributed by atoms with van der Waals surface area (Å²) >= 11 is 0. The van der Waals surface area contributed by atoms with Crippen LogP contribution in [0.15, 0.2) is 0 Å². The van der Waals surface area contributed by atoms with Crippen LogP contribution in [-0.2, 0) is 0 Å². The highest BCUT2D eigenvalue weighted by Crippen LogP contribution is 2.26. The maximum absolute atomic E-state index is 4.08. The highest BCUT2D eigenvalue weighted by molar-refractivity contribution is 5.56. The van der Waals surface area contributed by atoms with Gasteiger partial charge in [0.1, 0.15) is 5.69 Å². The van der Waals surface area contributed by atoms with Crippen LogP contribution in [0.5, 0.6) is 0 Å². The van der Waals surface area contributed by atoms with E-state index >= 15 is 0 Å². The first-order chi connectivity index (χ1) is 5.46. The first-order valence-corrected chi connectivity index (χ1v) is 4.35. The molecule has 0 spiro atoms. The van der Waals surface area contributed by atoms with E-state index in [0.29, 0.717) is 0 Å². The zero-order valence-electron chi connectivity index (χ0n) is 8.71. The standard InChI is InChI=1S/C11H17N/c1-6-7(2)9(4)11(12)10(5)8(6)3/h12H2,1-5H3/p+1. The summed E-state index contributed by atoms with van der Waals surface area (Å²) in [4.78, 5) is 0. The second kappa shape index (κ2) is 2.91. The zero-order chi connectivity index (χ0) is 9.46. The van der Waals surface area contributed by atoms with E-state index in [1.165, 1.54) is 33.5 Å². The lowest BCUT2D eigenvalue weighted by atomic mass is 9.93. The average molecular weight is 164 g/mol. The Labute approximate surface area is 74.6 Å². The molecule has 0 radical (unpaired) electrons. The van der Waals surface area contributed by atoms with Crippen molar-refractivity contribution in [2.45, 2.75) is 34.6 Å². The molecule has 0 amide bonds. The van der Waals surface area contributed by atoms with Gasteiger partial charge in [0.2, 0.25) is 0 Å². The van der Waals surface area contributed by atoms with Crippen molar-refractivity contribution < 1.29 is 5.73 Å². The van der Waals surface area contributed by atoms with Crippen molar-refractivity contribution in [3.05, 3.63) is 27.8 Å². The van der Waals surface area contributed by atoms with Gasteiger partial charge in [-0.2, -0.15) is 0 Å². The molecule has 1 nitrogen and oxygen atoms in total. The minimum absolute atomic E-state index is 1.20. The summed E-state index contributed by atoms with van der Waals surface area (Å²) in [6.07, 6.45) is 0. The summed E-state index contributed by atoms with van der Waals surface area (Å²) in [5.74, 6) is 0. The van der Waals surface area contributed by atoms with E-state index in [1.807, 2.05) is 0 Å². The summed E-state index contributed by atoms with van der Waals surface area (Å²) in [5.41, 5.74) is 12.2. The number of benzene rings is 1. The van der Waals surface area contributed by atoms with Crippen LogP contribution in [0.1, 0.15) is 27.8 Å². The molecule has 12 heavy (non-hydrogen) atoms. The molecule has 1 aromatic rings. The Morgan fingerprint density at radius 2 is 0.833 bits per heavy atom. The maximum atomic E-state index is 4.08. The van der Waals surface area contributed by atoms with Gasteiger partial charge in [0.15, 0.2) is 0 Å². The Kier molecular flexibility index (Phi) is 2.25. The predicted molar refractivity (Wildman–Crippen MR) is 52.7 cm³/mol. The van der Waals surface area contributed by atoms with Gasteiger partial charge in [-0.3, -0.25) is 0 Å². The van der Waals surface area contributed by atoms with Crippen LogP contribution in [0.2, 0.25) is 0 Å². The molecule has 3 N–H and O–H groups in total. The lowest BCUT2D eigenvalue weighted by Crippen LogP contribution is -2.42. The van der Waals surface area contributed by atoms with Gasteiger partial charge in [0.25, 0.3) is 0 Å². The first kappa shape index (κ1) is 9.27. The maximum Gasteiger partial charge on any atom is 0.134 e. The lowest BCUT2D eigenvalue weighted by Gasteiger charge is -2.12. The molecule has 0 atom stereocenters. The van der Waals surface area contributed by atoms with Crippen LogP contribution in [-0.4, -0.2) is 0 Å². The van der Waals surface area contributed by atoms with Crippen LogP contribution < -0.4 is 5.73 Å². The van der Waals surface area contributed by atoms with Crippen molar-refractivity contribution in [3.63, 3.8) is 0 Å². The monoisotopic (exact) mass is 164 g/mol. The second-order valence-electron chi connectivity index (χ2n) is 3.60. The normalized spacial score (nSPS) is 10.5. The number of hydrogen-bond donors (Lipinski definition) is 1. The molecule has 0 fully saturated rings. The van der Waals surface area contributed by atoms with Gasteiger partial charge in [0, 0.05) is 11.1 Å². The van der Waals surface area contributed by atoms with E-state index < -0.39 is 0 Å². The van der Waals surface area contributed by atoms with E-state index in [4.69, 9.17) is 0 Å². The zero-order valence-corrected chi connectivity index (χ0v) is 8.71. The van der Waals surface area contributed by atoms with Crippen LogP contribution >= 0.6 is 0 Å². The Bertz CT molecular complexity index is 219. The summed E-state index contributed by atoms with van der Waals surface area (Å²) in [7, 11) is 0. The Morgan fingerprint density at radius 3 is 1.17 bits per heavy atom. The van der Waals surface area contributed by atoms with E-state index in [0.717, 1.165) is 0 Å². The second-order valence-corrected chi connectivity index (χ2v) is 3.60. The molecule has 0 aliphatic rings. The molecule has 0 saturated heterocycles. The molecule has 66 valence electrons. The van der Waals surface area contributed by atoms with Crippen LogP contribution in [0.25, 0.3) is 0 Å². The summed E-state index contributed by atoms with van der Waals surface area (Å²) < 4.78 is 0. The summed E-state index contributed by atoms with van der Waals surface area (Å²) in [6.45, 7) is 10.8. The van der Waals surface area contributed by atoms with Gasteiger partial charge >= 0.3 is 0 Å². The van der Waals surface area contributed by atoms with Crippen molar-refractivity contribution in [2.75, 3.05) is 0 Å². The molecule has 0 saturated carbocycles. The fourth-order valence-corrected chi connectivity index (χ4v) is 1.58. The lowest BCUT2D eigenvalue weighted by molar-refractivity contribution is -0.256. The van der Waals surface area contributed by atoms with Crippen molar-refractivity contribution >= 4 is 5.69 Å². The highest BCUT2D eigenvalue weighted by Gasteiger charge is 2.11. The largest absolute Gasteiger partial charge is 0.325 e. The molecule has 0 heterocycles. The van der Waals surface area contributed by atoms with Crippen LogP contribution in [0.3, 0.4) is 0 Å². The molecular weight excluding hydrogens is 146 g/mol. The quantitative estimate of drug-likeness (QED) is 0.608. The third-order valence-corrected chi connectivity index (χ3v) is 3.16. The third kappa shape index (κ3) is 1.14. The molecular formula is C11H18N+. The molecule has 1 aromatic carbocycles. The number of hydrogen-bond acceptors (Lipinski definition) is 0. The highest BCUT2D eigenvalue weighted by atomic mass is 14.6. The Morgan fingerprint density at radius 1 is 0.583 bits per heavy atom. The smallest absolute Gasteiger partial charge is 0.134 e. The molecule has 1 rings (SSSR count). The van der Waals surface area contributed by atoms with Gasteiger partial charge in [-0.05, 0) is 51.3 Å². The van der Waals surface area contributed by atoms with Gasteiger partial charge < -0.3 is 5.73 Å². The van der Waals surface area contributed by atoms with Gasteiger partial charge in [-0.15, -0.1) is 0 Å². The molecule has 1 heteroatoms. The van der Waals surface area contributed by atoms with Crippen LogP contribution in [0.4, 0.5) is 5.69 Å². The fourth-order valence-electron chi connectivity index (χ4n) is 1.58. The van der Waals surface area contributed by atoms with E-state index in [9.17, 15) is 0 Å². The first-order valence-electron chi connectivity index (χ1n) is 4.35. The molecule has 0 bridgehead atoms. The molecule has 0 aromatic heterocycles. The Balaban J connectivity index is 3.60. The SMILES string of the molecule is Cc1c(C)c(C)c([NH3+])c(C)c1C. The average Bonchev–Trinajstić information content (AvgIpc) is 2.08. The summed E-state index contributed by atoms with van der Waals surface area (Å²) in [6, 6.07) is 0. The number of rotatable bonds is 0. The van der Waals surface area contributed by atoms with Crippen molar-refractivity contribution in [1.29, 1.82) is 0 Å². The minimum Gasteiger partial charge on any atom is -0.325 e. The molecule has 0 unspecified atom stereocenters. The number of quaternary nitrogens is 1. The fraction of sp³-hybridized carbons (Fsp3) is 0.455. The van der Waals surface area contributed by atoms with Gasteiger partial charge in [-0.1, -0.05) is 0 Å². The predicted octanol–water partition coefficient (Wildman–Crippen LogP) is 2.10.